The lowest BCUT2D eigenvalue weighted by Gasteiger charge is -2.48. The van der Waals surface area contributed by atoms with E-state index in [4.69, 9.17) is 9.47 Å². The summed E-state index contributed by atoms with van der Waals surface area (Å²) in [6, 6.07) is 0.454. The molecule has 2 rings (SSSR count). The summed E-state index contributed by atoms with van der Waals surface area (Å²) in [6.45, 7) is 3.90. The van der Waals surface area contributed by atoms with E-state index < -0.39 is 0 Å². The molecule has 1 N–H and O–H groups in total. The minimum Gasteiger partial charge on any atom is -0.377 e. The number of methoxy groups -OCH3 is 1. The average molecular weight is 284 g/mol. The third-order valence-corrected chi connectivity index (χ3v) is 5.33. The molecular formula is C16H32N2O2. The van der Waals surface area contributed by atoms with Crippen LogP contribution >= 0.6 is 0 Å². The summed E-state index contributed by atoms with van der Waals surface area (Å²) >= 11 is 0. The van der Waals surface area contributed by atoms with Crippen molar-refractivity contribution in [2.24, 2.45) is 0 Å². The Kier molecular flexibility index (Phi) is 5.84. The third kappa shape index (κ3) is 3.35. The second-order valence-electron chi connectivity index (χ2n) is 6.60. The summed E-state index contributed by atoms with van der Waals surface area (Å²) in [5.41, 5.74) is 0.341. The van der Waals surface area contributed by atoms with Gasteiger partial charge in [-0.15, -0.1) is 0 Å². The number of ether oxygens (including phenoxy) is 2. The summed E-state index contributed by atoms with van der Waals surface area (Å²) in [5, 5.41) is 3.75. The van der Waals surface area contributed by atoms with Crippen molar-refractivity contribution in [2.75, 3.05) is 34.4 Å². The first-order valence-electron chi connectivity index (χ1n) is 8.18. The van der Waals surface area contributed by atoms with Crippen molar-refractivity contribution < 1.29 is 9.47 Å². The molecule has 0 aromatic carbocycles. The van der Waals surface area contributed by atoms with Crippen molar-refractivity contribution >= 4 is 0 Å². The van der Waals surface area contributed by atoms with Gasteiger partial charge in [-0.1, -0.05) is 19.3 Å². The SMILES string of the molecule is CCOC1CC(NCC2(N(C)C)CCCCC2)C1OC. The van der Waals surface area contributed by atoms with Gasteiger partial charge < -0.3 is 19.7 Å². The number of hydrogen-bond donors (Lipinski definition) is 1. The Morgan fingerprint density at radius 1 is 1.20 bits per heavy atom. The van der Waals surface area contributed by atoms with E-state index >= 15 is 0 Å². The minimum atomic E-state index is 0.220. The fraction of sp³-hybridized carbons (Fsp3) is 1.00. The number of likely N-dealkylation sites (N-methyl/N-ethyl adjacent to an activating group) is 1. The molecule has 0 saturated heterocycles. The van der Waals surface area contributed by atoms with Gasteiger partial charge in [0.1, 0.15) is 0 Å². The van der Waals surface area contributed by atoms with Gasteiger partial charge in [0.2, 0.25) is 0 Å². The van der Waals surface area contributed by atoms with Gasteiger partial charge in [0.05, 0.1) is 12.2 Å². The van der Waals surface area contributed by atoms with E-state index in [1.165, 1.54) is 32.1 Å². The zero-order valence-electron chi connectivity index (χ0n) is 13.7. The molecule has 2 saturated carbocycles. The van der Waals surface area contributed by atoms with Crippen molar-refractivity contribution in [1.29, 1.82) is 0 Å². The van der Waals surface area contributed by atoms with Gasteiger partial charge in [-0.2, -0.15) is 0 Å². The van der Waals surface area contributed by atoms with Gasteiger partial charge in [0.15, 0.2) is 0 Å². The van der Waals surface area contributed by atoms with Crippen molar-refractivity contribution in [2.45, 2.75) is 69.2 Å². The van der Waals surface area contributed by atoms with Crippen LogP contribution in [-0.2, 0) is 9.47 Å². The van der Waals surface area contributed by atoms with E-state index in [1.807, 2.05) is 0 Å². The average Bonchev–Trinajstić information content (AvgIpc) is 2.43. The Morgan fingerprint density at radius 3 is 2.45 bits per heavy atom. The maximum atomic E-state index is 5.70. The monoisotopic (exact) mass is 284 g/mol. The van der Waals surface area contributed by atoms with Crippen LogP contribution in [0.25, 0.3) is 0 Å². The van der Waals surface area contributed by atoms with Gasteiger partial charge >= 0.3 is 0 Å². The molecule has 0 heterocycles. The molecule has 2 aliphatic carbocycles. The molecule has 0 aliphatic heterocycles. The molecule has 0 bridgehead atoms. The predicted octanol–water partition coefficient (Wildman–Crippen LogP) is 2.03. The Hall–Kier alpha value is -0.160. The number of nitrogens with one attached hydrogen (secondary N) is 1. The van der Waals surface area contributed by atoms with E-state index in [2.05, 4.69) is 31.2 Å². The van der Waals surface area contributed by atoms with E-state index in [-0.39, 0.29) is 12.2 Å². The summed E-state index contributed by atoms with van der Waals surface area (Å²) in [4.78, 5) is 2.43. The lowest BCUT2D eigenvalue weighted by atomic mass is 9.79. The summed E-state index contributed by atoms with van der Waals surface area (Å²) in [5.74, 6) is 0. The number of rotatable bonds is 7. The molecule has 3 unspecified atom stereocenters. The standard InChI is InChI=1S/C16H32N2O2/c1-5-20-14-11-13(15(14)19-4)17-12-16(18(2)3)9-7-6-8-10-16/h13-15,17H,5-12H2,1-4H3. The summed E-state index contributed by atoms with van der Waals surface area (Å²) in [7, 11) is 6.25. The lowest BCUT2D eigenvalue weighted by Crippen LogP contribution is -2.63. The Balaban J connectivity index is 1.84. The molecule has 0 amide bonds. The predicted molar refractivity (Wildman–Crippen MR) is 82.1 cm³/mol. The van der Waals surface area contributed by atoms with Crippen LogP contribution in [0.4, 0.5) is 0 Å². The van der Waals surface area contributed by atoms with Crippen molar-refractivity contribution in [3.8, 4) is 0 Å². The maximum absolute atomic E-state index is 5.70. The Morgan fingerprint density at radius 2 is 1.90 bits per heavy atom. The van der Waals surface area contributed by atoms with Crippen LogP contribution in [-0.4, -0.2) is 63.0 Å². The molecule has 2 fully saturated rings. The van der Waals surface area contributed by atoms with Crippen LogP contribution in [0.5, 0.6) is 0 Å². The lowest BCUT2D eigenvalue weighted by molar-refractivity contribution is -0.133. The van der Waals surface area contributed by atoms with Crippen LogP contribution in [0.1, 0.15) is 45.4 Å². The Labute approximate surface area is 124 Å². The molecule has 20 heavy (non-hydrogen) atoms. The van der Waals surface area contributed by atoms with Crippen LogP contribution in [0.2, 0.25) is 0 Å². The third-order valence-electron chi connectivity index (χ3n) is 5.33. The van der Waals surface area contributed by atoms with Gasteiger partial charge in [-0.25, -0.2) is 0 Å². The van der Waals surface area contributed by atoms with Crippen LogP contribution < -0.4 is 5.32 Å². The molecular weight excluding hydrogens is 252 g/mol. The first kappa shape index (κ1) is 16.2. The maximum Gasteiger partial charge on any atom is 0.0986 e. The largest absolute Gasteiger partial charge is 0.377 e. The number of hydrogen-bond acceptors (Lipinski definition) is 4. The molecule has 0 radical (unpaired) electrons. The van der Waals surface area contributed by atoms with Crippen LogP contribution in [0.15, 0.2) is 0 Å². The molecule has 0 spiro atoms. The van der Waals surface area contributed by atoms with Crippen molar-refractivity contribution in [3.05, 3.63) is 0 Å². The van der Waals surface area contributed by atoms with Gasteiger partial charge in [-0.3, -0.25) is 0 Å². The van der Waals surface area contributed by atoms with Crippen LogP contribution in [0, 0.1) is 0 Å². The molecule has 4 nitrogen and oxygen atoms in total. The summed E-state index contributed by atoms with van der Waals surface area (Å²) < 4.78 is 11.3. The van der Waals surface area contributed by atoms with Gasteiger partial charge in [0.25, 0.3) is 0 Å². The topological polar surface area (TPSA) is 33.7 Å². The molecule has 4 heteroatoms. The molecule has 0 aromatic rings. The highest BCUT2D eigenvalue weighted by atomic mass is 16.5. The van der Waals surface area contributed by atoms with Gasteiger partial charge in [-0.05, 0) is 40.3 Å². The fourth-order valence-corrected chi connectivity index (χ4v) is 3.79. The zero-order valence-corrected chi connectivity index (χ0v) is 13.7. The number of nitrogens with zero attached hydrogens (tertiary/aromatic N) is 1. The first-order chi connectivity index (χ1) is 9.63. The molecule has 0 aromatic heterocycles. The smallest absolute Gasteiger partial charge is 0.0986 e. The Bertz CT molecular complexity index is 290. The highest BCUT2D eigenvalue weighted by molar-refractivity contribution is 5.00. The molecule has 118 valence electrons. The normalized spacial score (nSPS) is 33.1. The first-order valence-corrected chi connectivity index (χ1v) is 8.18. The zero-order chi connectivity index (χ0) is 14.6. The second-order valence-corrected chi connectivity index (χ2v) is 6.60. The van der Waals surface area contributed by atoms with Crippen molar-refractivity contribution in [3.63, 3.8) is 0 Å². The fourth-order valence-electron chi connectivity index (χ4n) is 3.79. The molecule has 3 atom stereocenters. The van der Waals surface area contributed by atoms with Crippen LogP contribution in [0.3, 0.4) is 0 Å². The summed E-state index contributed by atoms with van der Waals surface area (Å²) in [6.07, 6.45) is 8.32. The van der Waals surface area contributed by atoms with E-state index in [0.717, 1.165) is 19.6 Å². The van der Waals surface area contributed by atoms with Gasteiger partial charge in [0, 0.05) is 31.8 Å². The highest BCUT2D eigenvalue weighted by Gasteiger charge is 2.43. The van der Waals surface area contributed by atoms with E-state index in [9.17, 15) is 0 Å². The minimum absolute atomic E-state index is 0.220. The molecule has 2 aliphatic rings. The highest BCUT2D eigenvalue weighted by Crippen LogP contribution is 2.33. The quantitative estimate of drug-likeness (QED) is 0.775. The van der Waals surface area contributed by atoms with E-state index in [1.54, 1.807) is 7.11 Å². The second kappa shape index (κ2) is 7.21. The van der Waals surface area contributed by atoms with Crippen molar-refractivity contribution in [1.82, 2.24) is 10.2 Å². The van der Waals surface area contributed by atoms with E-state index in [0.29, 0.717) is 11.6 Å².